The fourth-order valence-corrected chi connectivity index (χ4v) is 3.61. The van der Waals surface area contributed by atoms with Crippen LogP contribution in [0.15, 0.2) is 78.9 Å². The number of Topliss-reactive ketones (excluding diaryl/α,β-unsaturated/α-hetero) is 1. The van der Waals surface area contributed by atoms with Gasteiger partial charge in [-0.3, -0.25) is 4.79 Å². The third-order valence-corrected chi connectivity index (χ3v) is 5.22. The van der Waals surface area contributed by atoms with E-state index < -0.39 is 0 Å². The molecule has 4 rings (SSSR count). The summed E-state index contributed by atoms with van der Waals surface area (Å²) in [7, 11) is 0. The molecule has 136 valence electrons. The maximum absolute atomic E-state index is 13.3. The van der Waals surface area contributed by atoms with Gasteiger partial charge in [0.15, 0.2) is 5.78 Å². The van der Waals surface area contributed by atoms with Crippen molar-refractivity contribution in [2.75, 3.05) is 23.0 Å². The molecular weight excluding hydrogens is 332 g/mol. The molecule has 0 bridgehead atoms. The molecule has 1 aliphatic rings. The van der Waals surface area contributed by atoms with E-state index in [2.05, 4.69) is 72.2 Å². The Labute approximate surface area is 160 Å². The lowest BCUT2D eigenvalue weighted by Gasteiger charge is -2.25. The molecule has 3 aromatic carbocycles. The van der Waals surface area contributed by atoms with Gasteiger partial charge in [-0.25, -0.2) is 0 Å². The molecule has 27 heavy (non-hydrogen) atoms. The molecule has 3 aromatic rings. The SMILES string of the molecule is Cc1ccc(N2CC(C(=O)c3ccccc3)N(c3ccc(C)cc3)C2)cc1. The van der Waals surface area contributed by atoms with Gasteiger partial charge < -0.3 is 9.80 Å². The van der Waals surface area contributed by atoms with Crippen molar-refractivity contribution in [2.24, 2.45) is 0 Å². The van der Waals surface area contributed by atoms with E-state index in [0.29, 0.717) is 13.2 Å². The molecule has 0 aromatic heterocycles. The van der Waals surface area contributed by atoms with Crippen molar-refractivity contribution in [1.82, 2.24) is 0 Å². The summed E-state index contributed by atoms with van der Waals surface area (Å²) in [4.78, 5) is 17.8. The Morgan fingerprint density at radius 1 is 0.778 bits per heavy atom. The van der Waals surface area contributed by atoms with Crippen molar-refractivity contribution in [2.45, 2.75) is 19.9 Å². The molecule has 1 fully saturated rings. The number of carbonyl (C=O) groups is 1. The summed E-state index contributed by atoms with van der Waals surface area (Å²) < 4.78 is 0. The maximum atomic E-state index is 13.3. The second kappa shape index (κ2) is 7.28. The summed E-state index contributed by atoms with van der Waals surface area (Å²) in [5, 5.41) is 0. The van der Waals surface area contributed by atoms with Crippen molar-refractivity contribution >= 4 is 17.2 Å². The van der Waals surface area contributed by atoms with E-state index in [-0.39, 0.29) is 11.8 Å². The Kier molecular flexibility index (Phi) is 4.68. The highest BCUT2D eigenvalue weighted by molar-refractivity contribution is 6.03. The van der Waals surface area contributed by atoms with Crippen molar-refractivity contribution < 1.29 is 4.79 Å². The largest absolute Gasteiger partial charge is 0.351 e. The highest BCUT2D eigenvalue weighted by Crippen LogP contribution is 2.29. The number of rotatable bonds is 4. The number of ketones is 1. The topological polar surface area (TPSA) is 23.6 Å². The van der Waals surface area contributed by atoms with E-state index in [1.807, 2.05) is 30.3 Å². The van der Waals surface area contributed by atoms with Crippen LogP contribution in [0.2, 0.25) is 0 Å². The zero-order valence-electron chi connectivity index (χ0n) is 15.8. The average Bonchev–Trinajstić information content (AvgIpc) is 3.14. The molecule has 0 radical (unpaired) electrons. The van der Waals surface area contributed by atoms with E-state index in [4.69, 9.17) is 0 Å². The van der Waals surface area contributed by atoms with Crippen LogP contribution in [0.5, 0.6) is 0 Å². The number of nitrogens with zero attached hydrogens (tertiary/aromatic N) is 2. The molecule has 3 heteroatoms. The van der Waals surface area contributed by atoms with Gasteiger partial charge in [-0.1, -0.05) is 65.7 Å². The molecule has 0 amide bonds. The van der Waals surface area contributed by atoms with Crippen LogP contribution in [-0.2, 0) is 0 Å². The van der Waals surface area contributed by atoms with Gasteiger partial charge in [0.25, 0.3) is 0 Å². The van der Waals surface area contributed by atoms with Crippen LogP contribution < -0.4 is 9.80 Å². The first-order valence-corrected chi connectivity index (χ1v) is 9.36. The molecule has 1 atom stereocenters. The summed E-state index contributed by atoms with van der Waals surface area (Å²) in [5.41, 5.74) is 5.47. The van der Waals surface area contributed by atoms with Gasteiger partial charge in [-0.05, 0) is 38.1 Å². The van der Waals surface area contributed by atoms with Gasteiger partial charge >= 0.3 is 0 Å². The second-order valence-corrected chi connectivity index (χ2v) is 7.25. The first-order valence-electron chi connectivity index (χ1n) is 9.36. The molecular formula is C24H24N2O. The number of anilines is 2. The minimum Gasteiger partial charge on any atom is -0.351 e. The highest BCUT2D eigenvalue weighted by Gasteiger charge is 2.36. The van der Waals surface area contributed by atoms with Crippen LogP contribution in [0.1, 0.15) is 21.5 Å². The number of aryl methyl sites for hydroxylation is 2. The standard InChI is InChI=1S/C24H24N2O/c1-18-8-12-21(13-9-18)25-16-23(24(27)20-6-4-3-5-7-20)26(17-25)22-14-10-19(2)11-15-22/h3-15,23H,16-17H2,1-2H3. The zero-order valence-corrected chi connectivity index (χ0v) is 15.8. The predicted octanol–water partition coefficient (Wildman–Crippen LogP) is 4.84. The molecule has 0 spiro atoms. The van der Waals surface area contributed by atoms with Crippen molar-refractivity contribution in [3.05, 3.63) is 95.6 Å². The van der Waals surface area contributed by atoms with Gasteiger partial charge in [-0.2, -0.15) is 0 Å². The number of benzene rings is 3. The number of hydrogen-bond acceptors (Lipinski definition) is 3. The lowest BCUT2D eigenvalue weighted by molar-refractivity contribution is 0.0968. The number of hydrogen-bond donors (Lipinski definition) is 0. The van der Waals surface area contributed by atoms with E-state index in [1.54, 1.807) is 0 Å². The molecule has 0 aliphatic carbocycles. The highest BCUT2D eigenvalue weighted by atomic mass is 16.1. The van der Waals surface area contributed by atoms with Crippen LogP contribution in [0.25, 0.3) is 0 Å². The third kappa shape index (κ3) is 3.59. The number of carbonyl (C=O) groups excluding carboxylic acids is 1. The van der Waals surface area contributed by atoms with Gasteiger partial charge in [0, 0.05) is 23.5 Å². The first-order chi connectivity index (χ1) is 13.1. The molecule has 1 heterocycles. The van der Waals surface area contributed by atoms with Crippen molar-refractivity contribution in [3.8, 4) is 0 Å². The quantitative estimate of drug-likeness (QED) is 0.625. The smallest absolute Gasteiger partial charge is 0.187 e. The van der Waals surface area contributed by atoms with E-state index in [1.165, 1.54) is 11.1 Å². The van der Waals surface area contributed by atoms with Crippen LogP contribution in [-0.4, -0.2) is 25.0 Å². The maximum Gasteiger partial charge on any atom is 0.187 e. The Bertz CT molecular complexity index is 917. The van der Waals surface area contributed by atoms with Crippen LogP contribution in [0.4, 0.5) is 11.4 Å². The first kappa shape index (κ1) is 17.3. The monoisotopic (exact) mass is 356 g/mol. The summed E-state index contributed by atoms with van der Waals surface area (Å²) in [6.07, 6.45) is 0. The fraction of sp³-hybridized carbons (Fsp3) is 0.208. The second-order valence-electron chi connectivity index (χ2n) is 7.25. The lowest BCUT2D eigenvalue weighted by atomic mass is 10.0. The van der Waals surface area contributed by atoms with Gasteiger partial charge in [0.2, 0.25) is 0 Å². The Morgan fingerprint density at radius 2 is 1.33 bits per heavy atom. The Hall–Kier alpha value is -3.07. The van der Waals surface area contributed by atoms with Crippen LogP contribution in [0.3, 0.4) is 0 Å². The molecule has 1 unspecified atom stereocenters. The molecule has 0 N–H and O–H groups in total. The molecule has 1 saturated heterocycles. The minimum absolute atomic E-state index is 0.172. The van der Waals surface area contributed by atoms with Gasteiger partial charge in [-0.15, -0.1) is 0 Å². The van der Waals surface area contributed by atoms with Crippen LogP contribution in [0, 0.1) is 13.8 Å². The minimum atomic E-state index is -0.198. The van der Waals surface area contributed by atoms with Crippen molar-refractivity contribution in [3.63, 3.8) is 0 Å². The van der Waals surface area contributed by atoms with Gasteiger partial charge in [0.05, 0.1) is 6.67 Å². The summed E-state index contributed by atoms with van der Waals surface area (Å²) in [5.74, 6) is 0.172. The van der Waals surface area contributed by atoms with E-state index in [9.17, 15) is 4.79 Å². The third-order valence-electron chi connectivity index (χ3n) is 5.22. The summed E-state index contributed by atoms with van der Waals surface area (Å²) in [6, 6.07) is 26.4. The molecule has 3 nitrogen and oxygen atoms in total. The lowest BCUT2D eigenvalue weighted by Crippen LogP contribution is -2.37. The molecule has 1 aliphatic heterocycles. The Balaban J connectivity index is 1.67. The summed E-state index contributed by atoms with van der Waals surface area (Å²) in [6.45, 7) is 5.56. The normalized spacial score (nSPS) is 16.6. The van der Waals surface area contributed by atoms with Crippen LogP contribution >= 0.6 is 0 Å². The average molecular weight is 356 g/mol. The molecule has 0 saturated carbocycles. The van der Waals surface area contributed by atoms with E-state index in [0.717, 1.165) is 16.9 Å². The van der Waals surface area contributed by atoms with E-state index >= 15 is 0 Å². The van der Waals surface area contributed by atoms with Gasteiger partial charge in [0.1, 0.15) is 6.04 Å². The summed E-state index contributed by atoms with van der Waals surface area (Å²) >= 11 is 0. The zero-order chi connectivity index (χ0) is 18.8. The fourth-order valence-electron chi connectivity index (χ4n) is 3.61. The Morgan fingerprint density at radius 3 is 1.93 bits per heavy atom. The van der Waals surface area contributed by atoms with Crippen molar-refractivity contribution in [1.29, 1.82) is 0 Å². The predicted molar refractivity (Wildman–Crippen MR) is 112 cm³/mol.